The number of benzene rings is 2. The highest BCUT2D eigenvalue weighted by molar-refractivity contribution is 7.89. The molecule has 3 rings (SSSR count). The molecule has 9 nitrogen and oxygen atoms in total. The van der Waals surface area contributed by atoms with Gasteiger partial charge < -0.3 is 24.8 Å². The van der Waals surface area contributed by atoms with Gasteiger partial charge in [-0.3, -0.25) is 4.79 Å². The third-order valence-corrected chi connectivity index (χ3v) is 7.59. The van der Waals surface area contributed by atoms with Crippen molar-refractivity contribution in [3.8, 4) is 11.5 Å². The molecule has 0 spiro atoms. The molecular weight excluding hydrogens is 470 g/mol. The van der Waals surface area contributed by atoms with Gasteiger partial charge in [0, 0.05) is 29.9 Å². The van der Waals surface area contributed by atoms with Gasteiger partial charge in [-0.15, -0.1) is 0 Å². The molecule has 2 aromatic carbocycles. The van der Waals surface area contributed by atoms with Crippen LogP contribution < -0.4 is 20.1 Å². The zero-order valence-corrected chi connectivity index (χ0v) is 20.5. The number of anilines is 2. The molecule has 180 valence electrons. The predicted molar refractivity (Wildman–Crippen MR) is 127 cm³/mol. The Morgan fingerprint density at radius 2 is 1.79 bits per heavy atom. The summed E-state index contributed by atoms with van der Waals surface area (Å²) in [4.78, 5) is 12.8. The summed E-state index contributed by atoms with van der Waals surface area (Å²) in [6.07, 6.45) is 0. The van der Waals surface area contributed by atoms with E-state index in [1.807, 2.05) is 6.92 Å². The molecule has 1 amide bonds. The van der Waals surface area contributed by atoms with Gasteiger partial charge in [-0.25, -0.2) is 8.42 Å². The molecule has 1 saturated heterocycles. The van der Waals surface area contributed by atoms with Crippen LogP contribution in [0.2, 0.25) is 5.02 Å². The monoisotopic (exact) mass is 497 g/mol. The number of hydrogen-bond donors (Lipinski definition) is 2. The number of nitrogens with one attached hydrogen (secondary N) is 2. The lowest BCUT2D eigenvalue weighted by atomic mass is 10.2. The molecule has 0 saturated carbocycles. The van der Waals surface area contributed by atoms with Crippen LogP contribution in [0.4, 0.5) is 11.4 Å². The Balaban J connectivity index is 1.80. The maximum atomic E-state index is 13.2. The summed E-state index contributed by atoms with van der Waals surface area (Å²) in [6.45, 7) is 4.71. The van der Waals surface area contributed by atoms with E-state index < -0.39 is 16.1 Å². The van der Waals surface area contributed by atoms with E-state index in [-0.39, 0.29) is 29.6 Å². The molecule has 1 fully saturated rings. The second-order valence-corrected chi connectivity index (χ2v) is 9.85. The topological polar surface area (TPSA) is 106 Å². The molecule has 0 bridgehead atoms. The van der Waals surface area contributed by atoms with Crippen LogP contribution in [0.5, 0.6) is 11.5 Å². The van der Waals surface area contributed by atoms with Crippen molar-refractivity contribution in [2.75, 3.05) is 51.2 Å². The largest absolute Gasteiger partial charge is 0.495 e. The summed E-state index contributed by atoms with van der Waals surface area (Å²) < 4.78 is 43.5. The lowest BCUT2D eigenvalue weighted by Crippen LogP contribution is -2.40. The number of rotatable bonds is 8. The summed E-state index contributed by atoms with van der Waals surface area (Å²) >= 11 is 6.13. The van der Waals surface area contributed by atoms with Crippen molar-refractivity contribution in [3.63, 3.8) is 0 Å². The third kappa shape index (κ3) is 5.70. The molecule has 1 atom stereocenters. The van der Waals surface area contributed by atoms with Crippen molar-refractivity contribution in [2.45, 2.75) is 24.8 Å². The molecule has 1 aliphatic heterocycles. The van der Waals surface area contributed by atoms with E-state index in [0.717, 1.165) is 5.56 Å². The number of aryl methyl sites for hydroxylation is 1. The fourth-order valence-electron chi connectivity index (χ4n) is 3.38. The average Bonchev–Trinajstić information content (AvgIpc) is 2.81. The molecule has 11 heteroatoms. The second-order valence-electron chi connectivity index (χ2n) is 7.54. The highest BCUT2D eigenvalue weighted by Gasteiger charge is 2.30. The third-order valence-electron chi connectivity index (χ3n) is 5.27. The Labute approximate surface area is 199 Å². The average molecular weight is 498 g/mol. The van der Waals surface area contributed by atoms with Gasteiger partial charge in [0.05, 0.1) is 33.1 Å². The van der Waals surface area contributed by atoms with E-state index in [1.165, 1.54) is 24.6 Å². The summed E-state index contributed by atoms with van der Waals surface area (Å²) in [5.74, 6) is 0.337. The summed E-state index contributed by atoms with van der Waals surface area (Å²) in [6, 6.07) is 7.38. The molecule has 0 radical (unpaired) electrons. The Hall–Kier alpha value is -2.53. The minimum Gasteiger partial charge on any atom is -0.495 e. The van der Waals surface area contributed by atoms with Crippen LogP contribution in [0.3, 0.4) is 0 Å². The number of halogens is 1. The first-order chi connectivity index (χ1) is 15.7. The lowest BCUT2D eigenvalue weighted by Gasteiger charge is -2.27. The maximum Gasteiger partial charge on any atom is 0.246 e. The smallest absolute Gasteiger partial charge is 0.246 e. The van der Waals surface area contributed by atoms with E-state index in [2.05, 4.69) is 10.6 Å². The number of sulfonamides is 1. The highest BCUT2D eigenvalue weighted by atomic mass is 35.5. The first kappa shape index (κ1) is 25.1. The van der Waals surface area contributed by atoms with Crippen LogP contribution >= 0.6 is 11.6 Å². The number of amides is 1. The fraction of sp³-hybridized carbons (Fsp3) is 0.409. The number of methoxy groups -OCH3 is 2. The van der Waals surface area contributed by atoms with Crippen molar-refractivity contribution >= 4 is 38.9 Å². The molecule has 1 aliphatic rings. The number of hydrogen-bond acceptors (Lipinski definition) is 7. The zero-order valence-electron chi connectivity index (χ0n) is 19.0. The standard InChI is InChI=1S/C22H28ClN3O6S/c1-14-11-18(20(31-4)13-17(14)23)25-22(27)15(2)24-16-5-6-19(30-3)21(12-16)33(28,29)26-7-9-32-10-8-26/h5-6,11-13,15,24H,7-10H2,1-4H3,(H,25,27). The second kappa shape index (κ2) is 10.6. The molecule has 1 unspecified atom stereocenters. The molecule has 2 aromatic rings. The summed E-state index contributed by atoms with van der Waals surface area (Å²) in [5, 5.41) is 6.40. The molecule has 1 heterocycles. The van der Waals surface area contributed by atoms with Gasteiger partial charge in [0.25, 0.3) is 0 Å². The van der Waals surface area contributed by atoms with Gasteiger partial charge in [0.15, 0.2) is 0 Å². The summed E-state index contributed by atoms with van der Waals surface area (Å²) in [7, 11) is -0.884. The Morgan fingerprint density at radius 3 is 2.42 bits per heavy atom. The quantitative estimate of drug-likeness (QED) is 0.577. The van der Waals surface area contributed by atoms with Crippen LogP contribution in [0.1, 0.15) is 12.5 Å². The van der Waals surface area contributed by atoms with Gasteiger partial charge in [-0.05, 0) is 43.7 Å². The van der Waals surface area contributed by atoms with Gasteiger partial charge in [0.1, 0.15) is 22.4 Å². The van der Waals surface area contributed by atoms with Crippen LogP contribution in [0.15, 0.2) is 35.2 Å². The van der Waals surface area contributed by atoms with Crippen LogP contribution in [0.25, 0.3) is 0 Å². The molecule has 0 aromatic heterocycles. The van der Waals surface area contributed by atoms with Gasteiger partial charge >= 0.3 is 0 Å². The molecular formula is C22H28ClN3O6S. The van der Waals surface area contributed by atoms with Crippen molar-refractivity contribution in [1.29, 1.82) is 0 Å². The van der Waals surface area contributed by atoms with Crippen molar-refractivity contribution < 1.29 is 27.4 Å². The highest BCUT2D eigenvalue weighted by Crippen LogP contribution is 2.32. The van der Waals surface area contributed by atoms with Gasteiger partial charge in [-0.2, -0.15) is 4.31 Å². The van der Waals surface area contributed by atoms with Crippen molar-refractivity contribution in [1.82, 2.24) is 4.31 Å². The van der Waals surface area contributed by atoms with Gasteiger partial charge in [0.2, 0.25) is 15.9 Å². The van der Waals surface area contributed by atoms with Crippen LogP contribution in [-0.2, 0) is 19.6 Å². The number of carbonyl (C=O) groups is 1. The first-order valence-electron chi connectivity index (χ1n) is 10.3. The van der Waals surface area contributed by atoms with Crippen LogP contribution in [0, 0.1) is 6.92 Å². The van der Waals surface area contributed by atoms with E-state index in [4.69, 9.17) is 25.8 Å². The lowest BCUT2D eigenvalue weighted by molar-refractivity contribution is -0.116. The first-order valence-corrected chi connectivity index (χ1v) is 12.2. The predicted octanol–water partition coefficient (Wildman–Crippen LogP) is 3.13. The Kier molecular flexibility index (Phi) is 8.06. The Morgan fingerprint density at radius 1 is 1.12 bits per heavy atom. The molecule has 33 heavy (non-hydrogen) atoms. The number of nitrogens with zero attached hydrogens (tertiary/aromatic N) is 1. The van der Waals surface area contributed by atoms with Gasteiger partial charge in [-0.1, -0.05) is 11.6 Å². The van der Waals surface area contributed by atoms with E-state index in [0.29, 0.717) is 35.4 Å². The van der Waals surface area contributed by atoms with E-state index in [9.17, 15) is 13.2 Å². The number of ether oxygens (including phenoxy) is 3. The minimum atomic E-state index is -3.79. The number of carbonyl (C=O) groups excluding carboxylic acids is 1. The molecule has 0 aliphatic carbocycles. The molecule has 2 N–H and O–H groups in total. The van der Waals surface area contributed by atoms with E-state index in [1.54, 1.807) is 31.2 Å². The van der Waals surface area contributed by atoms with Crippen LogP contribution in [-0.4, -0.2) is 65.2 Å². The summed E-state index contributed by atoms with van der Waals surface area (Å²) in [5.41, 5.74) is 1.74. The zero-order chi connectivity index (χ0) is 24.2. The Bertz CT molecular complexity index is 1120. The fourth-order valence-corrected chi connectivity index (χ4v) is 5.12. The van der Waals surface area contributed by atoms with E-state index >= 15 is 0 Å². The maximum absolute atomic E-state index is 13.2. The minimum absolute atomic E-state index is 0.0273. The normalized spacial score (nSPS) is 15.5. The SMILES string of the molecule is COc1cc(Cl)c(C)cc1NC(=O)C(C)Nc1ccc(OC)c(S(=O)(=O)N2CCOCC2)c1. The van der Waals surface area contributed by atoms with Crippen molar-refractivity contribution in [2.24, 2.45) is 0 Å². The van der Waals surface area contributed by atoms with Crippen molar-refractivity contribution in [3.05, 3.63) is 40.9 Å². The number of morpholine rings is 1.